The number of aromatic nitrogens is 3. The summed E-state index contributed by atoms with van der Waals surface area (Å²) in [6.45, 7) is 2.24. The summed E-state index contributed by atoms with van der Waals surface area (Å²) in [5, 5.41) is 7.76. The van der Waals surface area contributed by atoms with Gasteiger partial charge in [-0.1, -0.05) is 32.6 Å². The van der Waals surface area contributed by atoms with Gasteiger partial charge in [-0.2, -0.15) is 5.10 Å². The van der Waals surface area contributed by atoms with Crippen molar-refractivity contribution < 1.29 is 4.79 Å². The van der Waals surface area contributed by atoms with Gasteiger partial charge >= 0.3 is 0 Å². The number of nitrogens with one attached hydrogen (secondary N) is 1. The number of aryl methyl sites for hydroxylation is 2. The van der Waals surface area contributed by atoms with Crippen LogP contribution >= 0.6 is 0 Å². The first-order valence-corrected chi connectivity index (χ1v) is 9.89. The second-order valence-corrected chi connectivity index (χ2v) is 7.78. The van der Waals surface area contributed by atoms with E-state index in [1.807, 2.05) is 10.7 Å². The maximum atomic E-state index is 12.8. The number of rotatable bonds is 2. The van der Waals surface area contributed by atoms with Crippen molar-refractivity contribution in [1.82, 2.24) is 19.9 Å². The normalized spacial score (nSPS) is 24.4. The average molecular weight is 340 g/mol. The zero-order chi connectivity index (χ0) is 17.2. The largest absolute Gasteiger partial charge is 0.349 e. The zero-order valence-electron chi connectivity index (χ0n) is 15.1. The summed E-state index contributed by atoms with van der Waals surface area (Å²) < 4.78 is 1.92. The highest BCUT2D eigenvalue weighted by atomic mass is 16.1. The maximum absolute atomic E-state index is 12.8. The van der Waals surface area contributed by atoms with Gasteiger partial charge in [0.25, 0.3) is 5.91 Å². The molecule has 0 saturated heterocycles. The predicted molar refractivity (Wildman–Crippen MR) is 97.7 cm³/mol. The number of fused-ring (bicyclic) bond motifs is 3. The molecule has 0 aliphatic heterocycles. The Morgan fingerprint density at radius 3 is 2.72 bits per heavy atom. The molecule has 2 aliphatic rings. The van der Waals surface area contributed by atoms with Gasteiger partial charge in [-0.25, -0.2) is 9.50 Å². The van der Waals surface area contributed by atoms with Crippen LogP contribution in [-0.4, -0.2) is 26.5 Å². The van der Waals surface area contributed by atoms with E-state index in [-0.39, 0.29) is 11.9 Å². The Labute approximate surface area is 149 Å². The lowest BCUT2D eigenvalue weighted by Gasteiger charge is -2.29. The van der Waals surface area contributed by atoms with Gasteiger partial charge in [-0.15, -0.1) is 0 Å². The lowest BCUT2D eigenvalue weighted by Crippen LogP contribution is -2.41. The molecule has 0 unspecified atom stereocenters. The summed E-state index contributed by atoms with van der Waals surface area (Å²) in [7, 11) is 0. The second-order valence-electron chi connectivity index (χ2n) is 7.78. The molecule has 1 saturated carbocycles. The van der Waals surface area contributed by atoms with E-state index >= 15 is 0 Å². The van der Waals surface area contributed by atoms with Crippen molar-refractivity contribution in [3.05, 3.63) is 29.2 Å². The summed E-state index contributed by atoms with van der Waals surface area (Å²) in [4.78, 5) is 17.4. The van der Waals surface area contributed by atoms with E-state index in [0.29, 0.717) is 17.1 Å². The summed E-state index contributed by atoms with van der Waals surface area (Å²) in [6.07, 6.45) is 15.5. The van der Waals surface area contributed by atoms with E-state index in [0.717, 1.165) is 19.3 Å². The molecule has 0 radical (unpaired) electrons. The molecule has 0 spiro atoms. The Bertz CT molecular complexity index is 766. The molecule has 1 fully saturated rings. The molecule has 2 heterocycles. The molecule has 2 aliphatic carbocycles. The third-order valence-electron chi connectivity index (χ3n) is 6.00. The van der Waals surface area contributed by atoms with Crippen LogP contribution in [0, 0.1) is 5.92 Å². The number of hydrogen-bond acceptors (Lipinski definition) is 3. The first kappa shape index (κ1) is 16.6. The Balaban J connectivity index is 1.62. The van der Waals surface area contributed by atoms with Crippen LogP contribution in [0.4, 0.5) is 0 Å². The van der Waals surface area contributed by atoms with Crippen LogP contribution in [0.25, 0.3) is 5.65 Å². The minimum Gasteiger partial charge on any atom is -0.349 e. The van der Waals surface area contributed by atoms with Crippen LogP contribution in [-0.2, 0) is 12.8 Å². The van der Waals surface area contributed by atoms with Crippen LogP contribution in [0.1, 0.15) is 79.9 Å². The molecule has 134 valence electrons. The van der Waals surface area contributed by atoms with Gasteiger partial charge in [0.1, 0.15) is 5.56 Å². The minimum absolute atomic E-state index is 0.0213. The first-order chi connectivity index (χ1) is 12.2. The molecule has 0 bridgehead atoms. The molecule has 2 aromatic rings. The summed E-state index contributed by atoms with van der Waals surface area (Å²) in [5.41, 5.74) is 3.86. The number of amides is 1. The van der Waals surface area contributed by atoms with Gasteiger partial charge in [0.05, 0.1) is 6.20 Å². The molecule has 25 heavy (non-hydrogen) atoms. The first-order valence-electron chi connectivity index (χ1n) is 9.89. The smallest absolute Gasteiger partial charge is 0.256 e. The van der Waals surface area contributed by atoms with E-state index in [9.17, 15) is 4.79 Å². The van der Waals surface area contributed by atoms with E-state index < -0.39 is 0 Å². The van der Waals surface area contributed by atoms with Crippen molar-refractivity contribution in [3.8, 4) is 0 Å². The third-order valence-corrected chi connectivity index (χ3v) is 6.00. The molecule has 1 N–H and O–H groups in total. The second kappa shape index (κ2) is 7.14. The fraction of sp³-hybridized carbons (Fsp3) is 0.650. The maximum Gasteiger partial charge on any atom is 0.256 e. The Kier molecular flexibility index (Phi) is 4.73. The van der Waals surface area contributed by atoms with Crippen molar-refractivity contribution in [2.24, 2.45) is 5.92 Å². The highest BCUT2D eigenvalue weighted by molar-refractivity contribution is 5.99. The monoisotopic (exact) mass is 340 g/mol. The van der Waals surface area contributed by atoms with Gasteiger partial charge in [0, 0.05) is 17.9 Å². The van der Waals surface area contributed by atoms with Gasteiger partial charge in [-0.3, -0.25) is 4.79 Å². The van der Waals surface area contributed by atoms with Crippen molar-refractivity contribution >= 4 is 11.6 Å². The lowest BCUT2D eigenvalue weighted by atomic mass is 9.86. The number of hydrogen-bond donors (Lipinski definition) is 1. The van der Waals surface area contributed by atoms with Crippen LogP contribution in [0.15, 0.2) is 12.4 Å². The quantitative estimate of drug-likeness (QED) is 0.907. The molecule has 1 amide bonds. The van der Waals surface area contributed by atoms with Gasteiger partial charge in [0.2, 0.25) is 0 Å². The Hall–Kier alpha value is -1.91. The van der Waals surface area contributed by atoms with E-state index in [1.165, 1.54) is 56.2 Å². The van der Waals surface area contributed by atoms with Crippen molar-refractivity contribution in [1.29, 1.82) is 0 Å². The van der Waals surface area contributed by atoms with E-state index in [1.54, 1.807) is 6.20 Å². The highest BCUT2D eigenvalue weighted by Gasteiger charge is 2.25. The van der Waals surface area contributed by atoms with Gasteiger partial charge in [-0.05, 0) is 50.0 Å². The molecule has 2 atom stereocenters. The Morgan fingerprint density at radius 2 is 1.88 bits per heavy atom. The Morgan fingerprint density at radius 1 is 1.08 bits per heavy atom. The fourth-order valence-electron chi connectivity index (χ4n) is 4.39. The predicted octanol–water partition coefficient (Wildman–Crippen LogP) is 3.70. The SMILES string of the molecule is C[C@@H]1CCCC[C@H]1NC(=O)c1cnn2c3c(cnc12)CCCCCC3. The third kappa shape index (κ3) is 3.29. The minimum atomic E-state index is -0.0213. The molecule has 5 nitrogen and oxygen atoms in total. The van der Waals surface area contributed by atoms with Gasteiger partial charge in [0.15, 0.2) is 5.65 Å². The van der Waals surface area contributed by atoms with Crippen molar-refractivity contribution in [2.45, 2.75) is 77.2 Å². The summed E-state index contributed by atoms with van der Waals surface area (Å²) >= 11 is 0. The average Bonchev–Trinajstić information content (AvgIpc) is 3.01. The molecule has 5 heteroatoms. The molecule has 4 rings (SSSR count). The van der Waals surface area contributed by atoms with Gasteiger partial charge < -0.3 is 5.32 Å². The molecule has 2 aromatic heterocycles. The topological polar surface area (TPSA) is 59.3 Å². The van der Waals surface area contributed by atoms with Crippen LogP contribution in [0.5, 0.6) is 0 Å². The van der Waals surface area contributed by atoms with Crippen LogP contribution < -0.4 is 5.32 Å². The zero-order valence-corrected chi connectivity index (χ0v) is 15.1. The molecule has 0 aromatic carbocycles. The highest BCUT2D eigenvalue weighted by Crippen LogP contribution is 2.25. The summed E-state index contributed by atoms with van der Waals surface area (Å²) in [5.74, 6) is 0.527. The van der Waals surface area contributed by atoms with Crippen LogP contribution in [0.3, 0.4) is 0 Å². The van der Waals surface area contributed by atoms with Crippen molar-refractivity contribution in [3.63, 3.8) is 0 Å². The molecular weight excluding hydrogens is 312 g/mol. The van der Waals surface area contributed by atoms with E-state index in [4.69, 9.17) is 0 Å². The van der Waals surface area contributed by atoms with E-state index in [2.05, 4.69) is 22.3 Å². The van der Waals surface area contributed by atoms with Crippen LogP contribution in [0.2, 0.25) is 0 Å². The number of carbonyl (C=O) groups excluding carboxylic acids is 1. The number of nitrogens with zero attached hydrogens (tertiary/aromatic N) is 3. The standard InChI is InChI=1S/C20H28N4O/c1-14-8-6-7-10-17(14)23-20(25)16-13-22-24-18-11-5-3-2-4-9-15(18)12-21-19(16)24/h12-14,17H,2-11H2,1H3,(H,23,25)/t14-,17-/m1/s1. The molecular formula is C20H28N4O. The number of carbonyl (C=O) groups is 1. The lowest BCUT2D eigenvalue weighted by molar-refractivity contribution is 0.0911. The van der Waals surface area contributed by atoms with Crippen molar-refractivity contribution in [2.75, 3.05) is 0 Å². The fourth-order valence-corrected chi connectivity index (χ4v) is 4.39. The summed E-state index contributed by atoms with van der Waals surface area (Å²) in [6, 6.07) is 0.278.